The van der Waals surface area contributed by atoms with Crippen LogP contribution in [0.3, 0.4) is 0 Å². The first-order chi connectivity index (χ1) is 15.5. The van der Waals surface area contributed by atoms with Crippen molar-refractivity contribution in [2.24, 2.45) is 0 Å². The molecule has 0 saturated carbocycles. The van der Waals surface area contributed by atoms with Crippen LogP contribution in [0.1, 0.15) is 30.5 Å². The summed E-state index contributed by atoms with van der Waals surface area (Å²) in [5.41, 5.74) is 1.42. The van der Waals surface area contributed by atoms with Gasteiger partial charge in [0.1, 0.15) is 0 Å². The van der Waals surface area contributed by atoms with E-state index < -0.39 is 11.7 Å². The molecule has 0 saturated heterocycles. The molecule has 0 atom stereocenters. The number of anilines is 1. The van der Waals surface area contributed by atoms with Gasteiger partial charge in [-0.05, 0) is 45.9 Å². The quantitative estimate of drug-likeness (QED) is 0.383. The van der Waals surface area contributed by atoms with Gasteiger partial charge in [0.25, 0.3) is 0 Å². The molecule has 170 valence electrons. The molecule has 0 radical (unpaired) electrons. The van der Waals surface area contributed by atoms with E-state index in [1.165, 1.54) is 26.0 Å². The van der Waals surface area contributed by atoms with Crippen molar-refractivity contribution in [2.75, 3.05) is 19.0 Å². The van der Waals surface area contributed by atoms with Gasteiger partial charge in [-0.3, -0.25) is 9.59 Å². The predicted molar refractivity (Wildman–Crippen MR) is 131 cm³/mol. The Bertz CT molecular complexity index is 1210. The average Bonchev–Trinajstić information content (AvgIpc) is 2.74. The van der Waals surface area contributed by atoms with E-state index in [-0.39, 0.29) is 21.4 Å². The van der Waals surface area contributed by atoms with Gasteiger partial charge < -0.3 is 4.90 Å². The van der Waals surface area contributed by atoms with Crippen LogP contribution in [0.4, 0.5) is 18.9 Å². The van der Waals surface area contributed by atoms with E-state index in [1.807, 2.05) is 31.1 Å². The molecule has 0 heterocycles. The Kier molecular flexibility index (Phi) is 9.28. The number of alkyl halides is 3. The van der Waals surface area contributed by atoms with Gasteiger partial charge in [0.05, 0.1) is 5.56 Å². The number of thioether (sulfide) groups is 2. The number of nitrogens with zero attached hydrogens (tertiary/aromatic N) is 1. The number of allylic oxidation sites excluding steroid dienone is 2. The molecule has 0 fully saturated rings. The van der Waals surface area contributed by atoms with Gasteiger partial charge in [0.15, 0.2) is 10.2 Å². The normalized spacial score (nSPS) is 11.4. The van der Waals surface area contributed by atoms with E-state index in [2.05, 4.69) is 22.3 Å². The summed E-state index contributed by atoms with van der Waals surface area (Å²) in [5.74, 6) is 5.73. The second-order valence-corrected chi connectivity index (χ2v) is 8.88. The van der Waals surface area contributed by atoms with Crippen LogP contribution in [-0.2, 0) is 15.8 Å². The lowest BCUT2D eigenvalue weighted by Gasteiger charge is -2.15. The molecule has 0 spiro atoms. The van der Waals surface area contributed by atoms with Gasteiger partial charge in [-0.15, -0.1) is 0 Å². The van der Waals surface area contributed by atoms with Gasteiger partial charge >= 0.3 is 6.18 Å². The zero-order chi connectivity index (χ0) is 24.6. The fourth-order valence-electron chi connectivity index (χ4n) is 2.65. The standard InChI is InChI=1S/C25H20F3NO2S2/c1-17(30)32-13-11-23(19-7-5-9-21(15-19)25(26,27)28)24(12-14-33-18(2)31)20-8-6-10-22(16-20)29(3)4/h5-10,15-16H,1-4H3/b24-23+. The minimum absolute atomic E-state index is 0.203. The maximum atomic E-state index is 13.4. The van der Waals surface area contributed by atoms with E-state index in [4.69, 9.17) is 0 Å². The lowest BCUT2D eigenvalue weighted by atomic mass is 9.94. The Morgan fingerprint density at radius 1 is 0.818 bits per heavy atom. The molecule has 8 heteroatoms. The lowest BCUT2D eigenvalue weighted by molar-refractivity contribution is -0.137. The van der Waals surface area contributed by atoms with Crippen molar-refractivity contribution in [3.05, 3.63) is 65.2 Å². The minimum Gasteiger partial charge on any atom is -0.378 e. The number of rotatable bonds is 3. The summed E-state index contributed by atoms with van der Waals surface area (Å²) in [7, 11) is 3.72. The Balaban J connectivity index is 2.86. The van der Waals surface area contributed by atoms with Gasteiger partial charge in [-0.25, -0.2) is 0 Å². The smallest absolute Gasteiger partial charge is 0.378 e. The van der Waals surface area contributed by atoms with Crippen LogP contribution in [0, 0.1) is 22.3 Å². The van der Waals surface area contributed by atoms with Gasteiger partial charge in [0.2, 0.25) is 0 Å². The highest BCUT2D eigenvalue weighted by Gasteiger charge is 2.30. The van der Waals surface area contributed by atoms with Crippen molar-refractivity contribution < 1.29 is 22.8 Å². The Morgan fingerprint density at radius 3 is 1.76 bits per heavy atom. The Hall–Kier alpha value is -3.07. The van der Waals surface area contributed by atoms with Crippen LogP contribution in [-0.4, -0.2) is 24.3 Å². The van der Waals surface area contributed by atoms with Crippen molar-refractivity contribution in [2.45, 2.75) is 20.0 Å². The van der Waals surface area contributed by atoms with E-state index in [0.29, 0.717) is 11.1 Å². The second kappa shape index (κ2) is 11.7. The summed E-state index contributed by atoms with van der Waals surface area (Å²) >= 11 is 1.52. The summed E-state index contributed by atoms with van der Waals surface area (Å²) in [6, 6.07) is 12.0. The number of benzene rings is 2. The number of halogens is 3. The maximum Gasteiger partial charge on any atom is 0.416 e. The van der Waals surface area contributed by atoms with Crippen molar-refractivity contribution in [3.8, 4) is 22.3 Å². The monoisotopic (exact) mass is 487 g/mol. The number of carbonyl (C=O) groups is 2. The Labute approximate surface area is 199 Å². The first-order valence-corrected chi connectivity index (χ1v) is 11.2. The maximum absolute atomic E-state index is 13.4. The summed E-state index contributed by atoms with van der Waals surface area (Å²) in [6.07, 6.45) is -4.54. The summed E-state index contributed by atoms with van der Waals surface area (Å²) in [5, 5.41) is 4.89. The third-order valence-corrected chi connectivity index (χ3v) is 5.10. The second-order valence-electron chi connectivity index (χ2n) is 6.91. The molecule has 0 aliphatic carbocycles. The SMILES string of the molecule is CC(=O)SC#C/C(=C(/C#CSC(C)=O)c1cccc(C(F)(F)F)c1)c1cccc(N(C)C)c1. The summed E-state index contributed by atoms with van der Waals surface area (Å²) < 4.78 is 40.1. The predicted octanol–water partition coefficient (Wildman–Crippen LogP) is 6.16. The zero-order valence-electron chi connectivity index (χ0n) is 18.3. The van der Waals surface area contributed by atoms with Crippen LogP contribution in [0.15, 0.2) is 48.5 Å². The third kappa shape index (κ3) is 8.09. The van der Waals surface area contributed by atoms with Gasteiger partial charge in [0, 0.05) is 68.3 Å². The lowest BCUT2D eigenvalue weighted by Crippen LogP contribution is -2.08. The first kappa shape index (κ1) is 26.2. The van der Waals surface area contributed by atoms with E-state index in [1.54, 1.807) is 12.1 Å². The Morgan fingerprint density at radius 2 is 1.30 bits per heavy atom. The average molecular weight is 488 g/mol. The van der Waals surface area contributed by atoms with Crippen molar-refractivity contribution in [1.29, 1.82) is 0 Å². The fourth-order valence-corrected chi connectivity index (χ4v) is 3.24. The fraction of sp³-hybridized carbons (Fsp3) is 0.200. The molecule has 0 bridgehead atoms. The molecule has 2 rings (SSSR count). The molecule has 0 aliphatic heterocycles. The van der Waals surface area contributed by atoms with E-state index in [9.17, 15) is 22.8 Å². The number of carbonyl (C=O) groups excluding carboxylic acids is 2. The van der Waals surface area contributed by atoms with Crippen LogP contribution < -0.4 is 4.90 Å². The van der Waals surface area contributed by atoms with Crippen LogP contribution in [0.25, 0.3) is 11.1 Å². The molecule has 2 aromatic carbocycles. The molecule has 33 heavy (non-hydrogen) atoms. The molecular weight excluding hydrogens is 467 g/mol. The summed E-state index contributed by atoms with van der Waals surface area (Å²) in [6.45, 7) is 2.71. The molecular formula is C25H20F3NO2S2. The third-order valence-electron chi connectivity index (χ3n) is 4.12. The minimum atomic E-state index is -4.54. The largest absolute Gasteiger partial charge is 0.416 e. The van der Waals surface area contributed by atoms with Gasteiger partial charge in [-0.2, -0.15) is 13.2 Å². The van der Waals surface area contributed by atoms with Crippen molar-refractivity contribution in [3.63, 3.8) is 0 Å². The molecule has 0 N–H and O–H groups in total. The van der Waals surface area contributed by atoms with Crippen LogP contribution in [0.2, 0.25) is 0 Å². The molecule has 0 aliphatic rings. The molecule has 0 unspecified atom stereocenters. The molecule has 0 aromatic heterocycles. The summed E-state index contributed by atoms with van der Waals surface area (Å²) in [4.78, 5) is 24.6. The molecule has 0 amide bonds. The molecule has 3 nitrogen and oxygen atoms in total. The van der Waals surface area contributed by atoms with Gasteiger partial charge in [-0.1, -0.05) is 36.1 Å². The van der Waals surface area contributed by atoms with Crippen molar-refractivity contribution in [1.82, 2.24) is 0 Å². The highest BCUT2D eigenvalue weighted by Crippen LogP contribution is 2.33. The zero-order valence-corrected chi connectivity index (χ0v) is 20.0. The topological polar surface area (TPSA) is 37.4 Å². The number of hydrogen-bond donors (Lipinski definition) is 0. The highest BCUT2D eigenvalue weighted by atomic mass is 32.2. The number of hydrogen-bond acceptors (Lipinski definition) is 5. The highest BCUT2D eigenvalue weighted by molar-refractivity contribution is 8.17. The van der Waals surface area contributed by atoms with Crippen LogP contribution in [0.5, 0.6) is 0 Å². The van der Waals surface area contributed by atoms with Crippen molar-refractivity contribution >= 4 is 50.6 Å². The van der Waals surface area contributed by atoms with Crippen LogP contribution >= 0.6 is 23.5 Å². The van der Waals surface area contributed by atoms with E-state index >= 15 is 0 Å². The molecule has 2 aromatic rings. The van der Waals surface area contributed by atoms with E-state index in [0.717, 1.165) is 41.3 Å². The first-order valence-electron chi connectivity index (χ1n) is 9.55.